The number of methoxy groups -OCH3 is 1. The second kappa shape index (κ2) is 8.81. The molecule has 1 unspecified atom stereocenters. The van der Waals surface area contributed by atoms with Crippen molar-refractivity contribution in [3.8, 4) is 5.75 Å². The number of ether oxygens (including phenoxy) is 3. The number of halogens is 2. The van der Waals surface area contributed by atoms with Gasteiger partial charge in [-0.2, -0.15) is 0 Å². The molecule has 1 atom stereocenters. The summed E-state index contributed by atoms with van der Waals surface area (Å²) < 4.78 is 16.5. The van der Waals surface area contributed by atoms with Gasteiger partial charge in [-0.25, -0.2) is 0 Å². The van der Waals surface area contributed by atoms with E-state index in [4.69, 9.17) is 37.4 Å². The zero-order chi connectivity index (χ0) is 15.1. The Balaban J connectivity index is 1.98. The van der Waals surface area contributed by atoms with Crippen molar-refractivity contribution in [1.82, 2.24) is 5.32 Å². The first-order chi connectivity index (χ1) is 10.2. The summed E-state index contributed by atoms with van der Waals surface area (Å²) in [6, 6.07) is 3.57. The molecule has 0 aromatic heterocycles. The van der Waals surface area contributed by atoms with Crippen molar-refractivity contribution in [1.29, 1.82) is 0 Å². The molecule has 0 aliphatic carbocycles. The van der Waals surface area contributed by atoms with Crippen LogP contribution in [0.1, 0.15) is 18.4 Å². The lowest BCUT2D eigenvalue weighted by atomic mass is 10.2. The summed E-state index contributed by atoms with van der Waals surface area (Å²) in [5.41, 5.74) is 0.946. The van der Waals surface area contributed by atoms with Gasteiger partial charge >= 0.3 is 0 Å². The summed E-state index contributed by atoms with van der Waals surface area (Å²) in [5, 5.41) is 4.41. The molecule has 1 fully saturated rings. The van der Waals surface area contributed by atoms with Gasteiger partial charge in [-0.05, 0) is 25.0 Å². The van der Waals surface area contributed by atoms with Crippen LogP contribution in [-0.2, 0) is 16.0 Å². The van der Waals surface area contributed by atoms with E-state index in [1.165, 1.54) is 0 Å². The zero-order valence-electron chi connectivity index (χ0n) is 12.2. The van der Waals surface area contributed by atoms with Crippen LogP contribution in [0.4, 0.5) is 0 Å². The molecule has 0 saturated carbocycles. The molecule has 118 valence electrons. The van der Waals surface area contributed by atoms with E-state index in [0.29, 0.717) is 35.6 Å². The van der Waals surface area contributed by atoms with Crippen molar-refractivity contribution >= 4 is 23.2 Å². The highest BCUT2D eigenvalue weighted by Crippen LogP contribution is 2.33. The predicted molar refractivity (Wildman–Crippen MR) is 84.5 cm³/mol. The van der Waals surface area contributed by atoms with Crippen LogP contribution in [0.15, 0.2) is 12.1 Å². The summed E-state index contributed by atoms with van der Waals surface area (Å²) in [6.07, 6.45) is 2.28. The topological polar surface area (TPSA) is 39.7 Å². The summed E-state index contributed by atoms with van der Waals surface area (Å²) >= 11 is 12.3. The second-order valence-corrected chi connectivity index (χ2v) is 5.84. The Labute approximate surface area is 135 Å². The van der Waals surface area contributed by atoms with E-state index in [-0.39, 0.29) is 6.10 Å². The number of benzene rings is 1. The van der Waals surface area contributed by atoms with E-state index in [2.05, 4.69) is 5.32 Å². The van der Waals surface area contributed by atoms with Gasteiger partial charge in [0.25, 0.3) is 0 Å². The first kappa shape index (κ1) is 16.8. The minimum Gasteiger partial charge on any atom is -0.489 e. The Hall–Kier alpha value is -0.520. The van der Waals surface area contributed by atoms with Crippen LogP contribution < -0.4 is 10.1 Å². The number of hydrogen-bond donors (Lipinski definition) is 1. The Morgan fingerprint density at radius 2 is 2.24 bits per heavy atom. The van der Waals surface area contributed by atoms with Gasteiger partial charge in [-0.3, -0.25) is 0 Å². The first-order valence-electron chi connectivity index (χ1n) is 7.12. The van der Waals surface area contributed by atoms with E-state index in [9.17, 15) is 0 Å². The van der Waals surface area contributed by atoms with Crippen LogP contribution >= 0.6 is 23.2 Å². The summed E-state index contributed by atoms with van der Waals surface area (Å²) in [6.45, 7) is 3.37. The fourth-order valence-corrected chi connectivity index (χ4v) is 2.85. The van der Waals surface area contributed by atoms with Gasteiger partial charge in [0.15, 0.2) is 0 Å². The van der Waals surface area contributed by atoms with Crippen molar-refractivity contribution in [2.45, 2.75) is 25.5 Å². The Bertz CT molecular complexity index is 451. The van der Waals surface area contributed by atoms with E-state index >= 15 is 0 Å². The van der Waals surface area contributed by atoms with Gasteiger partial charge in [0.1, 0.15) is 12.4 Å². The van der Waals surface area contributed by atoms with E-state index < -0.39 is 0 Å². The Kier molecular flexibility index (Phi) is 7.07. The van der Waals surface area contributed by atoms with Crippen LogP contribution in [-0.4, -0.2) is 39.6 Å². The fraction of sp³-hybridized carbons (Fsp3) is 0.600. The van der Waals surface area contributed by atoms with Crippen LogP contribution in [0, 0.1) is 0 Å². The highest BCUT2D eigenvalue weighted by atomic mass is 35.5. The lowest BCUT2D eigenvalue weighted by molar-refractivity contribution is 0.0676. The lowest BCUT2D eigenvalue weighted by Crippen LogP contribution is -2.21. The lowest BCUT2D eigenvalue weighted by Gasteiger charge is -2.17. The smallest absolute Gasteiger partial charge is 0.142 e. The average Bonchev–Trinajstić information content (AvgIpc) is 2.95. The molecule has 2 rings (SSSR count). The van der Waals surface area contributed by atoms with Gasteiger partial charge in [0.05, 0.1) is 17.7 Å². The van der Waals surface area contributed by atoms with Crippen LogP contribution in [0.3, 0.4) is 0 Å². The molecule has 1 aromatic carbocycles. The van der Waals surface area contributed by atoms with Crippen molar-refractivity contribution in [2.24, 2.45) is 0 Å². The van der Waals surface area contributed by atoms with Crippen LogP contribution in [0.25, 0.3) is 0 Å². The van der Waals surface area contributed by atoms with Gasteiger partial charge in [-0.1, -0.05) is 23.2 Å². The maximum atomic E-state index is 6.26. The molecule has 4 nitrogen and oxygen atoms in total. The van der Waals surface area contributed by atoms with Gasteiger partial charge < -0.3 is 19.5 Å². The standard InChI is InChI=1S/C15H21Cl2NO3/c1-19-6-4-18-9-11-7-12(16)8-14(17)15(11)21-10-13-3-2-5-20-13/h7-8,13,18H,2-6,9-10H2,1H3. The van der Waals surface area contributed by atoms with Crippen LogP contribution in [0.2, 0.25) is 10.0 Å². The molecular formula is C15H21Cl2NO3. The molecule has 1 saturated heterocycles. The third-order valence-corrected chi connectivity index (χ3v) is 3.82. The summed E-state index contributed by atoms with van der Waals surface area (Å²) in [4.78, 5) is 0. The molecule has 1 heterocycles. The van der Waals surface area contributed by atoms with E-state index in [0.717, 1.165) is 31.6 Å². The molecule has 6 heteroatoms. The largest absolute Gasteiger partial charge is 0.489 e. The molecule has 0 spiro atoms. The highest BCUT2D eigenvalue weighted by molar-refractivity contribution is 6.35. The molecule has 0 amide bonds. The molecule has 1 N–H and O–H groups in total. The molecule has 0 bridgehead atoms. The predicted octanol–water partition coefficient (Wildman–Crippen LogP) is 3.29. The van der Waals surface area contributed by atoms with Crippen molar-refractivity contribution in [3.05, 3.63) is 27.7 Å². The maximum Gasteiger partial charge on any atom is 0.142 e. The van der Waals surface area contributed by atoms with Crippen molar-refractivity contribution in [2.75, 3.05) is 33.5 Å². The third kappa shape index (κ3) is 5.31. The van der Waals surface area contributed by atoms with Gasteiger partial charge in [0, 0.05) is 37.4 Å². The van der Waals surface area contributed by atoms with E-state index in [1.54, 1.807) is 13.2 Å². The fourth-order valence-electron chi connectivity index (χ4n) is 2.26. The SMILES string of the molecule is COCCNCc1cc(Cl)cc(Cl)c1OCC1CCCO1. The summed E-state index contributed by atoms with van der Waals surface area (Å²) in [7, 11) is 1.67. The van der Waals surface area contributed by atoms with Gasteiger partial charge in [-0.15, -0.1) is 0 Å². The minimum absolute atomic E-state index is 0.158. The molecule has 1 aromatic rings. The normalized spacial score (nSPS) is 18.1. The summed E-state index contributed by atoms with van der Waals surface area (Å²) in [5.74, 6) is 0.682. The Morgan fingerprint density at radius 1 is 1.38 bits per heavy atom. The number of nitrogens with one attached hydrogen (secondary N) is 1. The quantitative estimate of drug-likeness (QED) is 0.741. The number of rotatable bonds is 8. The molecule has 1 aliphatic heterocycles. The monoisotopic (exact) mass is 333 g/mol. The van der Waals surface area contributed by atoms with E-state index in [1.807, 2.05) is 6.07 Å². The zero-order valence-corrected chi connectivity index (χ0v) is 13.7. The maximum absolute atomic E-state index is 6.26. The molecular weight excluding hydrogens is 313 g/mol. The average molecular weight is 334 g/mol. The van der Waals surface area contributed by atoms with Crippen molar-refractivity contribution < 1.29 is 14.2 Å². The van der Waals surface area contributed by atoms with Crippen LogP contribution in [0.5, 0.6) is 5.75 Å². The molecule has 1 aliphatic rings. The molecule has 21 heavy (non-hydrogen) atoms. The minimum atomic E-state index is 0.158. The highest BCUT2D eigenvalue weighted by Gasteiger charge is 2.18. The third-order valence-electron chi connectivity index (χ3n) is 3.32. The second-order valence-electron chi connectivity index (χ2n) is 4.99. The van der Waals surface area contributed by atoms with Crippen molar-refractivity contribution in [3.63, 3.8) is 0 Å². The Morgan fingerprint density at radius 3 is 2.95 bits per heavy atom. The van der Waals surface area contributed by atoms with Gasteiger partial charge in [0.2, 0.25) is 0 Å². The number of hydrogen-bond acceptors (Lipinski definition) is 4. The first-order valence-corrected chi connectivity index (χ1v) is 7.88. The molecule has 0 radical (unpaired) electrons.